The first-order chi connectivity index (χ1) is 10.0. The van der Waals surface area contributed by atoms with Crippen molar-refractivity contribution in [3.05, 3.63) is 28.8 Å². The van der Waals surface area contributed by atoms with E-state index in [0.29, 0.717) is 29.3 Å². The number of ether oxygens (including phenoxy) is 1. The molecular weight excluding hydrogens is 294 g/mol. The molecule has 1 aromatic carbocycles. The van der Waals surface area contributed by atoms with Crippen LogP contribution in [0.1, 0.15) is 36.0 Å². The van der Waals surface area contributed by atoms with Crippen LogP contribution in [0.25, 0.3) is 0 Å². The highest BCUT2D eigenvalue weighted by atomic mass is 35.5. The van der Waals surface area contributed by atoms with E-state index in [1.54, 1.807) is 18.2 Å². The molecule has 21 heavy (non-hydrogen) atoms. The lowest BCUT2D eigenvalue weighted by atomic mass is 10.1. The third-order valence-corrected chi connectivity index (χ3v) is 3.93. The van der Waals surface area contributed by atoms with Crippen LogP contribution in [0.15, 0.2) is 18.2 Å². The molecule has 0 bridgehead atoms. The van der Waals surface area contributed by atoms with Crippen LogP contribution in [0, 0.1) is 0 Å². The molecule has 0 radical (unpaired) electrons. The second kappa shape index (κ2) is 6.80. The van der Waals surface area contributed by atoms with Crippen LogP contribution in [-0.2, 0) is 4.79 Å². The number of rotatable bonds is 3. The van der Waals surface area contributed by atoms with E-state index >= 15 is 0 Å². The second-order valence-electron chi connectivity index (χ2n) is 5.05. The van der Waals surface area contributed by atoms with Crippen molar-refractivity contribution < 1.29 is 19.4 Å². The molecule has 114 valence electrons. The second-order valence-corrected chi connectivity index (χ2v) is 5.48. The molecule has 0 aromatic heterocycles. The summed E-state index contributed by atoms with van der Waals surface area (Å²) in [6.07, 6.45) is 3.05. The number of hydrogen-bond acceptors (Lipinski definition) is 3. The zero-order chi connectivity index (χ0) is 15.4. The fourth-order valence-electron chi connectivity index (χ4n) is 2.60. The van der Waals surface area contributed by atoms with Crippen molar-refractivity contribution in [1.82, 2.24) is 4.90 Å². The Morgan fingerprint density at radius 3 is 2.76 bits per heavy atom. The summed E-state index contributed by atoms with van der Waals surface area (Å²) in [6, 6.07) is 3.96. The average molecular weight is 312 g/mol. The van der Waals surface area contributed by atoms with Gasteiger partial charge >= 0.3 is 5.97 Å². The molecule has 1 atom stereocenters. The van der Waals surface area contributed by atoms with Gasteiger partial charge in [-0.05, 0) is 31.0 Å². The van der Waals surface area contributed by atoms with E-state index in [-0.39, 0.29) is 5.91 Å². The van der Waals surface area contributed by atoms with Crippen molar-refractivity contribution in [3.8, 4) is 5.75 Å². The molecule has 0 spiro atoms. The van der Waals surface area contributed by atoms with Crippen molar-refractivity contribution in [3.63, 3.8) is 0 Å². The summed E-state index contributed by atoms with van der Waals surface area (Å²) in [5.74, 6) is -0.920. The number of likely N-dealkylation sites (tertiary alicyclic amines) is 1. The third-order valence-electron chi connectivity index (χ3n) is 3.69. The molecule has 1 heterocycles. The van der Waals surface area contributed by atoms with Crippen LogP contribution < -0.4 is 4.74 Å². The average Bonchev–Trinajstić information content (AvgIpc) is 2.72. The molecule has 1 aliphatic heterocycles. The summed E-state index contributed by atoms with van der Waals surface area (Å²) in [5.41, 5.74) is 0.343. The lowest BCUT2D eigenvalue weighted by Gasteiger charge is -2.27. The minimum atomic E-state index is -0.960. The van der Waals surface area contributed by atoms with E-state index in [1.807, 2.05) is 0 Å². The molecule has 1 fully saturated rings. The molecule has 2 rings (SSSR count). The number of halogens is 1. The highest BCUT2D eigenvalue weighted by Crippen LogP contribution is 2.27. The van der Waals surface area contributed by atoms with E-state index in [1.165, 1.54) is 12.0 Å². The van der Waals surface area contributed by atoms with Crippen molar-refractivity contribution >= 4 is 23.5 Å². The van der Waals surface area contributed by atoms with E-state index in [2.05, 4.69) is 0 Å². The molecule has 1 amide bonds. The van der Waals surface area contributed by atoms with E-state index in [4.69, 9.17) is 16.3 Å². The molecule has 1 N–H and O–H groups in total. The van der Waals surface area contributed by atoms with Gasteiger partial charge in [-0.25, -0.2) is 4.79 Å². The van der Waals surface area contributed by atoms with E-state index in [0.717, 1.165) is 19.3 Å². The standard InChI is InChI=1S/C15H18ClNO4/c1-21-13-9-10(16)6-7-11(13)14(18)17-8-4-2-3-5-12(17)15(19)20/h6-7,9,12H,2-5,8H2,1H3,(H,19,20). The largest absolute Gasteiger partial charge is 0.496 e. The van der Waals surface area contributed by atoms with E-state index in [9.17, 15) is 14.7 Å². The molecular formula is C15H18ClNO4. The Balaban J connectivity index is 2.34. The SMILES string of the molecule is COc1cc(Cl)ccc1C(=O)N1CCCCCC1C(=O)O. The molecule has 0 saturated carbocycles. The van der Waals surface area contributed by atoms with E-state index < -0.39 is 12.0 Å². The maximum atomic E-state index is 12.7. The summed E-state index contributed by atoms with van der Waals surface area (Å²) in [6.45, 7) is 0.446. The number of hydrogen-bond donors (Lipinski definition) is 1. The first-order valence-electron chi connectivity index (χ1n) is 6.92. The maximum absolute atomic E-state index is 12.7. The lowest BCUT2D eigenvalue weighted by Crippen LogP contribution is -2.44. The predicted molar refractivity (Wildman–Crippen MR) is 78.9 cm³/mol. The molecule has 1 saturated heterocycles. The van der Waals surface area contributed by atoms with Crippen LogP contribution in [0.4, 0.5) is 0 Å². The minimum Gasteiger partial charge on any atom is -0.496 e. The predicted octanol–water partition coefficient (Wildman–Crippen LogP) is 2.82. The van der Waals surface area contributed by atoms with Gasteiger partial charge < -0.3 is 14.7 Å². The molecule has 1 aliphatic rings. The highest BCUT2D eigenvalue weighted by Gasteiger charge is 2.32. The van der Waals surface area contributed by atoms with Gasteiger partial charge in [-0.1, -0.05) is 24.4 Å². The number of methoxy groups -OCH3 is 1. The smallest absolute Gasteiger partial charge is 0.326 e. The van der Waals surface area contributed by atoms with Gasteiger partial charge in [-0.2, -0.15) is 0 Å². The number of carboxylic acids is 1. The van der Waals surface area contributed by atoms with Gasteiger partial charge in [0.1, 0.15) is 11.8 Å². The molecule has 1 unspecified atom stereocenters. The van der Waals surface area contributed by atoms with Crippen molar-refractivity contribution in [2.24, 2.45) is 0 Å². The maximum Gasteiger partial charge on any atom is 0.326 e. The minimum absolute atomic E-state index is 0.321. The van der Waals surface area contributed by atoms with Crippen LogP contribution in [0.2, 0.25) is 5.02 Å². The third kappa shape index (κ3) is 3.47. The van der Waals surface area contributed by atoms with Gasteiger partial charge in [-0.3, -0.25) is 4.79 Å². The summed E-state index contributed by atoms with van der Waals surface area (Å²) in [4.78, 5) is 25.5. The Bertz CT molecular complexity index is 546. The Labute approximate surface area is 128 Å². The molecule has 0 aliphatic carbocycles. The lowest BCUT2D eigenvalue weighted by molar-refractivity contribution is -0.142. The summed E-state index contributed by atoms with van der Waals surface area (Å²) < 4.78 is 5.19. The first-order valence-corrected chi connectivity index (χ1v) is 7.29. The zero-order valence-corrected chi connectivity index (χ0v) is 12.6. The zero-order valence-electron chi connectivity index (χ0n) is 11.8. The fourth-order valence-corrected chi connectivity index (χ4v) is 2.77. The van der Waals surface area contributed by atoms with Crippen molar-refractivity contribution in [2.75, 3.05) is 13.7 Å². The van der Waals surface area contributed by atoms with Gasteiger partial charge in [0.15, 0.2) is 0 Å². The molecule has 6 heteroatoms. The van der Waals surface area contributed by atoms with Gasteiger partial charge in [-0.15, -0.1) is 0 Å². The highest BCUT2D eigenvalue weighted by molar-refractivity contribution is 6.30. The summed E-state index contributed by atoms with van der Waals surface area (Å²) >= 11 is 5.89. The van der Waals surface area contributed by atoms with Gasteiger partial charge in [0.25, 0.3) is 5.91 Å². The monoisotopic (exact) mass is 311 g/mol. The Morgan fingerprint density at radius 1 is 1.33 bits per heavy atom. The van der Waals surface area contributed by atoms with Gasteiger partial charge in [0, 0.05) is 11.6 Å². The van der Waals surface area contributed by atoms with Crippen LogP contribution in [0.3, 0.4) is 0 Å². The number of carbonyl (C=O) groups is 2. The Morgan fingerprint density at radius 2 is 2.10 bits per heavy atom. The van der Waals surface area contributed by atoms with Crippen molar-refractivity contribution in [1.29, 1.82) is 0 Å². The topological polar surface area (TPSA) is 66.8 Å². The fraction of sp³-hybridized carbons (Fsp3) is 0.467. The molecule has 1 aromatic rings. The van der Waals surface area contributed by atoms with Crippen LogP contribution in [-0.4, -0.2) is 41.6 Å². The quantitative estimate of drug-likeness (QED) is 0.932. The molecule has 5 nitrogen and oxygen atoms in total. The first kappa shape index (κ1) is 15.6. The number of benzene rings is 1. The van der Waals surface area contributed by atoms with Crippen molar-refractivity contribution in [2.45, 2.75) is 31.7 Å². The number of carboxylic acid groups (broad SMARTS) is 1. The Hall–Kier alpha value is -1.75. The van der Waals surface area contributed by atoms with Crippen LogP contribution >= 0.6 is 11.6 Å². The number of aliphatic carboxylic acids is 1. The van der Waals surface area contributed by atoms with Crippen LogP contribution in [0.5, 0.6) is 5.75 Å². The Kier molecular flexibility index (Phi) is 5.07. The number of nitrogens with zero attached hydrogens (tertiary/aromatic N) is 1. The summed E-state index contributed by atoms with van der Waals surface area (Å²) in [7, 11) is 1.46. The van der Waals surface area contributed by atoms with Gasteiger partial charge in [0.2, 0.25) is 0 Å². The van der Waals surface area contributed by atoms with Gasteiger partial charge in [0.05, 0.1) is 12.7 Å². The summed E-state index contributed by atoms with van der Waals surface area (Å²) in [5, 5.41) is 9.82. The number of carbonyl (C=O) groups excluding carboxylic acids is 1. The normalized spacial score (nSPS) is 19.0. The number of amides is 1.